The molecule has 186 valence electrons. The number of hydrogen-bond donors (Lipinski definition) is 2. The molecule has 3 aromatic carbocycles. The average molecular weight is 501 g/mol. The van der Waals surface area contributed by atoms with Gasteiger partial charge in [0.05, 0.1) is 0 Å². The Bertz CT molecular complexity index is 1390. The molecule has 0 saturated heterocycles. The molecule has 0 aliphatic carbocycles. The molecule has 0 atom stereocenters. The molecule has 1 aliphatic heterocycles. The van der Waals surface area contributed by atoms with Gasteiger partial charge in [-0.2, -0.15) is 8.42 Å². The van der Waals surface area contributed by atoms with E-state index in [1.54, 1.807) is 45.9 Å². The van der Waals surface area contributed by atoms with E-state index in [-0.39, 0.29) is 55.7 Å². The number of benzene rings is 3. The van der Waals surface area contributed by atoms with Crippen molar-refractivity contribution in [2.45, 2.75) is 63.9 Å². The van der Waals surface area contributed by atoms with Crippen LogP contribution in [0.25, 0.3) is 0 Å². The Kier molecular flexibility index (Phi) is 5.97. The van der Waals surface area contributed by atoms with E-state index in [2.05, 4.69) is 0 Å². The number of aromatic hydroxyl groups is 2. The van der Waals surface area contributed by atoms with Crippen LogP contribution >= 0.6 is 0 Å². The molecule has 5 nitrogen and oxygen atoms in total. The number of hydrogen-bond acceptors (Lipinski definition) is 5. The van der Waals surface area contributed by atoms with Crippen LogP contribution in [0, 0.1) is 25.5 Å². The molecule has 1 heterocycles. The van der Waals surface area contributed by atoms with Crippen LogP contribution in [0.1, 0.15) is 78.5 Å². The van der Waals surface area contributed by atoms with Crippen molar-refractivity contribution in [1.29, 1.82) is 0 Å². The molecule has 0 aromatic heterocycles. The first-order valence-corrected chi connectivity index (χ1v) is 12.8. The number of phenols is 2. The molecule has 0 unspecified atom stereocenters. The second-order valence-electron chi connectivity index (χ2n) is 9.63. The molecular weight excluding hydrogens is 472 g/mol. The summed E-state index contributed by atoms with van der Waals surface area (Å²) in [7, 11) is -4.33. The zero-order valence-corrected chi connectivity index (χ0v) is 21.2. The molecule has 0 spiro atoms. The third kappa shape index (κ3) is 3.53. The molecule has 2 N–H and O–H groups in total. The van der Waals surface area contributed by atoms with Crippen LogP contribution in [0.2, 0.25) is 0 Å². The largest absolute Gasteiger partial charge is 0.505 e. The molecule has 35 heavy (non-hydrogen) atoms. The van der Waals surface area contributed by atoms with Crippen molar-refractivity contribution >= 4 is 10.1 Å². The summed E-state index contributed by atoms with van der Waals surface area (Å²) in [5.41, 5.74) is -1.02. The topological polar surface area (TPSA) is 83.8 Å². The van der Waals surface area contributed by atoms with Crippen LogP contribution in [0.4, 0.5) is 8.78 Å². The fourth-order valence-corrected chi connectivity index (χ4v) is 6.29. The fraction of sp³-hybridized carbons (Fsp3) is 0.333. The Labute approximate surface area is 204 Å². The van der Waals surface area contributed by atoms with Gasteiger partial charge < -0.3 is 10.2 Å². The van der Waals surface area contributed by atoms with Gasteiger partial charge in [-0.1, -0.05) is 45.9 Å². The van der Waals surface area contributed by atoms with E-state index in [4.69, 9.17) is 4.18 Å². The summed E-state index contributed by atoms with van der Waals surface area (Å²) in [6.45, 7) is 9.91. The van der Waals surface area contributed by atoms with Crippen LogP contribution in [0.5, 0.6) is 11.5 Å². The summed E-state index contributed by atoms with van der Waals surface area (Å²) in [5, 5.41) is 21.0. The van der Waals surface area contributed by atoms with Gasteiger partial charge in [-0.3, -0.25) is 0 Å². The zero-order valence-electron chi connectivity index (χ0n) is 20.4. The standard InChI is InChI=1S/C27H28F2O5S/c1-13(2)17-11-20(15(5)23(28)25(17)30)27(19-9-7-8-10-22(19)35(32,33)34-27)21-12-18(14(3)4)26(31)24(29)16(21)6/h7-14,30-31H,1-6H3/i28-1,29-1. The van der Waals surface area contributed by atoms with Gasteiger partial charge in [0.1, 0.15) is 4.90 Å². The van der Waals surface area contributed by atoms with E-state index in [1.165, 1.54) is 32.0 Å². The van der Waals surface area contributed by atoms with Crippen LogP contribution in [-0.4, -0.2) is 18.6 Å². The highest BCUT2D eigenvalue weighted by Gasteiger charge is 2.53. The number of rotatable bonds is 4. The van der Waals surface area contributed by atoms with Gasteiger partial charge in [0.25, 0.3) is 10.1 Å². The lowest BCUT2D eigenvalue weighted by Crippen LogP contribution is -2.32. The smallest absolute Gasteiger partial charge is 0.298 e. The quantitative estimate of drug-likeness (QED) is 0.414. The van der Waals surface area contributed by atoms with Gasteiger partial charge in [0, 0.05) is 16.7 Å². The first-order chi connectivity index (χ1) is 16.3. The van der Waals surface area contributed by atoms with Gasteiger partial charge in [-0.25, -0.2) is 13.0 Å². The van der Waals surface area contributed by atoms with Crippen molar-refractivity contribution in [2.75, 3.05) is 0 Å². The number of fused-ring (bicyclic) bond motifs is 1. The molecule has 0 radical (unpaired) electrons. The average Bonchev–Trinajstić information content (AvgIpc) is 3.03. The van der Waals surface area contributed by atoms with Gasteiger partial charge in [0.2, 0.25) is 0 Å². The van der Waals surface area contributed by atoms with E-state index >= 15 is 8.78 Å². The summed E-state index contributed by atoms with van der Waals surface area (Å²) < 4.78 is 63.2. The molecule has 3 aromatic rings. The van der Waals surface area contributed by atoms with E-state index < -0.39 is 38.9 Å². The van der Waals surface area contributed by atoms with Crippen molar-refractivity contribution in [2.24, 2.45) is 0 Å². The number of phenolic OH excluding ortho intramolecular Hbond substituents is 2. The molecule has 0 amide bonds. The predicted octanol–water partition coefficient (Wildman–Crippen LogP) is 6.25. The summed E-state index contributed by atoms with van der Waals surface area (Å²) >= 11 is 0. The van der Waals surface area contributed by atoms with E-state index in [0.717, 1.165) is 0 Å². The van der Waals surface area contributed by atoms with Gasteiger partial charge in [-0.05, 0) is 66.1 Å². The minimum absolute atomic E-state index is 0.0298. The lowest BCUT2D eigenvalue weighted by molar-refractivity contribution is 0.176. The second kappa shape index (κ2) is 8.31. The highest BCUT2D eigenvalue weighted by atomic mass is 32.2. The maximum Gasteiger partial charge on any atom is 0.298 e. The highest BCUT2D eigenvalue weighted by molar-refractivity contribution is 7.87. The van der Waals surface area contributed by atoms with Crippen molar-refractivity contribution in [1.82, 2.24) is 0 Å². The van der Waals surface area contributed by atoms with Crippen molar-refractivity contribution in [3.63, 3.8) is 0 Å². The molecule has 1 aliphatic rings. The molecule has 8 heteroatoms. The third-order valence-electron chi connectivity index (χ3n) is 6.80. The summed E-state index contributed by atoms with van der Waals surface area (Å²) in [6.07, 6.45) is 0. The Morgan fingerprint density at radius 3 is 1.66 bits per heavy atom. The summed E-state index contributed by atoms with van der Waals surface area (Å²) in [6, 6.07) is 9.16. The van der Waals surface area contributed by atoms with E-state index in [0.29, 0.717) is 0 Å². The molecule has 0 fully saturated rings. The van der Waals surface area contributed by atoms with Crippen LogP contribution < -0.4 is 0 Å². The Balaban J connectivity index is 2.27. The Morgan fingerprint density at radius 1 is 0.800 bits per heavy atom. The monoisotopic (exact) mass is 500 g/mol. The zero-order chi connectivity index (χ0) is 26.0. The third-order valence-corrected chi connectivity index (χ3v) is 8.17. The van der Waals surface area contributed by atoms with Gasteiger partial charge in [0.15, 0.2) is 28.7 Å². The predicted molar refractivity (Wildman–Crippen MR) is 128 cm³/mol. The second-order valence-corrected chi connectivity index (χ2v) is 11.1. The highest BCUT2D eigenvalue weighted by Crippen LogP contribution is 2.54. The first-order valence-electron chi connectivity index (χ1n) is 11.4. The Hall–Kier alpha value is -2.97. The molecule has 0 saturated carbocycles. The normalized spacial score (nSPS) is 16.2. The van der Waals surface area contributed by atoms with E-state index in [1.807, 2.05) is 0 Å². The lowest BCUT2D eigenvalue weighted by Gasteiger charge is -2.34. The van der Waals surface area contributed by atoms with Gasteiger partial charge in [-0.15, -0.1) is 0 Å². The SMILES string of the molecule is Cc1c(C2(c3cc(C(C)C)c(O)c([18F])c3C)OS(=O)(=O)c3ccccc32)cc(C(C)C)c(O)c1[18F]. The maximum atomic E-state index is 15.4. The molecule has 4 rings (SSSR count). The van der Waals surface area contributed by atoms with Crippen molar-refractivity contribution in [3.8, 4) is 11.5 Å². The van der Waals surface area contributed by atoms with Crippen LogP contribution in [-0.2, 0) is 19.9 Å². The lowest BCUT2D eigenvalue weighted by atomic mass is 9.74. The summed E-state index contributed by atoms with van der Waals surface area (Å²) in [5.74, 6) is -3.48. The van der Waals surface area contributed by atoms with Gasteiger partial charge >= 0.3 is 0 Å². The first kappa shape index (κ1) is 25.1. The maximum absolute atomic E-state index is 15.4. The van der Waals surface area contributed by atoms with Crippen molar-refractivity contribution < 1.29 is 31.6 Å². The minimum Gasteiger partial charge on any atom is -0.505 e. The Morgan fingerprint density at radius 2 is 1.23 bits per heavy atom. The molecular formula is C27H28F2O5S. The number of halogens is 2. The fourth-order valence-electron chi connectivity index (χ4n) is 4.88. The minimum atomic E-state index is -4.33. The van der Waals surface area contributed by atoms with Crippen LogP contribution in [0.15, 0.2) is 41.3 Å². The van der Waals surface area contributed by atoms with Crippen LogP contribution in [0.3, 0.4) is 0 Å². The van der Waals surface area contributed by atoms with E-state index in [9.17, 15) is 18.6 Å². The summed E-state index contributed by atoms with van der Waals surface area (Å²) in [4.78, 5) is -0.113. The van der Waals surface area contributed by atoms with Crippen molar-refractivity contribution in [3.05, 3.63) is 87.0 Å². The molecule has 0 bridgehead atoms.